The maximum atomic E-state index is 13.4. The topological polar surface area (TPSA) is 65.5 Å². The number of nitrogens with one attached hydrogen (secondary N) is 1. The predicted molar refractivity (Wildman–Crippen MR) is 135 cm³/mol. The van der Waals surface area contributed by atoms with Crippen LogP contribution in [0.25, 0.3) is 11.1 Å². The van der Waals surface area contributed by atoms with Crippen LogP contribution in [0.1, 0.15) is 44.0 Å². The number of pyridine rings is 1. The third kappa shape index (κ3) is 5.51. The van der Waals surface area contributed by atoms with Crippen molar-refractivity contribution < 1.29 is 9.59 Å². The first-order chi connectivity index (χ1) is 16.3. The molecule has 0 aliphatic carbocycles. The van der Waals surface area contributed by atoms with Gasteiger partial charge in [-0.15, -0.1) is 0 Å². The molecule has 2 aromatic carbocycles. The van der Waals surface area contributed by atoms with Crippen LogP contribution in [0.5, 0.6) is 0 Å². The Morgan fingerprint density at radius 1 is 1.00 bits per heavy atom. The average Bonchev–Trinajstić information content (AvgIpc) is 3.34. The summed E-state index contributed by atoms with van der Waals surface area (Å²) in [5.41, 5.74) is 5.87. The number of rotatable bonds is 6. The molecular weight excluding hydrogens is 424 g/mol. The first-order valence-electron chi connectivity index (χ1n) is 11.7. The second-order valence-corrected chi connectivity index (χ2v) is 9.31. The number of aryl methyl sites for hydroxylation is 2. The molecule has 2 amide bonds. The van der Waals surface area contributed by atoms with Crippen molar-refractivity contribution in [1.82, 2.24) is 20.1 Å². The van der Waals surface area contributed by atoms with Crippen LogP contribution in [0.15, 0.2) is 60.8 Å². The van der Waals surface area contributed by atoms with Crippen molar-refractivity contribution in [3.63, 3.8) is 0 Å². The highest BCUT2D eigenvalue weighted by atomic mass is 16.2. The Morgan fingerprint density at radius 2 is 1.74 bits per heavy atom. The number of amides is 2. The zero-order valence-electron chi connectivity index (χ0n) is 20.3. The van der Waals surface area contributed by atoms with E-state index in [1.807, 2.05) is 81.4 Å². The number of likely N-dealkylation sites (N-methyl/N-ethyl adjacent to an activating group) is 1. The van der Waals surface area contributed by atoms with Crippen LogP contribution in [0.4, 0.5) is 0 Å². The van der Waals surface area contributed by atoms with Crippen LogP contribution >= 0.6 is 0 Å². The number of carbonyl (C=O) groups excluding carboxylic acids is 2. The highest BCUT2D eigenvalue weighted by molar-refractivity contribution is 6.01. The number of benzene rings is 2. The Kier molecular flexibility index (Phi) is 7.08. The minimum Gasteiger partial charge on any atom is -0.348 e. The van der Waals surface area contributed by atoms with Gasteiger partial charge >= 0.3 is 0 Å². The van der Waals surface area contributed by atoms with Gasteiger partial charge in [0.2, 0.25) is 0 Å². The lowest BCUT2D eigenvalue weighted by Crippen LogP contribution is -2.34. The predicted octanol–water partition coefficient (Wildman–Crippen LogP) is 4.07. The van der Waals surface area contributed by atoms with E-state index in [0.717, 1.165) is 40.9 Å². The van der Waals surface area contributed by atoms with Gasteiger partial charge in [-0.2, -0.15) is 0 Å². The lowest BCUT2D eigenvalue weighted by molar-refractivity contribution is 0.0783. The summed E-state index contributed by atoms with van der Waals surface area (Å²) in [5.74, 6) is -0.244. The highest BCUT2D eigenvalue weighted by Gasteiger charge is 2.28. The summed E-state index contributed by atoms with van der Waals surface area (Å²) in [6, 6.07) is 17.8. The summed E-state index contributed by atoms with van der Waals surface area (Å²) in [7, 11) is 4.09. The number of aromatic nitrogens is 1. The van der Waals surface area contributed by atoms with Gasteiger partial charge in [0.15, 0.2) is 0 Å². The van der Waals surface area contributed by atoms with E-state index >= 15 is 0 Å². The van der Waals surface area contributed by atoms with Crippen molar-refractivity contribution in [3.05, 3.63) is 88.7 Å². The smallest absolute Gasteiger partial charge is 0.253 e. The molecule has 0 unspecified atom stereocenters. The average molecular weight is 457 g/mol. The summed E-state index contributed by atoms with van der Waals surface area (Å²) in [5, 5.41) is 2.97. The monoisotopic (exact) mass is 456 g/mol. The molecule has 6 nitrogen and oxygen atoms in total. The fourth-order valence-electron chi connectivity index (χ4n) is 4.21. The quantitative estimate of drug-likeness (QED) is 0.607. The summed E-state index contributed by atoms with van der Waals surface area (Å²) in [6.07, 6.45) is 2.72. The molecule has 0 spiro atoms. The molecule has 1 fully saturated rings. The maximum absolute atomic E-state index is 13.4. The molecule has 6 heteroatoms. The van der Waals surface area contributed by atoms with Crippen molar-refractivity contribution in [3.8, 4) is 11.1 Å². The molecule has 1 aliphatic heterocycles. The van der Waals surface area contributed by atoms with Gasteiger partial charge in [-0.25, -0.2) is 0 Å². The minimum absolute atomic E-state index is 0.0323. The van der Waals surface area contributed by atoms with E-state index in [4.69, 9.17) is 0 Å². The summed E-state index contributed by atoms with van der Waals surface area (Å²) >= 11 is 0. The third-order valence-corrected chi connectivity index (χ3v) is 6.43. The lowest BCUT2D eigenvalue weighted by Gasteiger charge is -2.21. The van der Waals surface area contributed by atoms with E-state index in [1.165, 1.54) is 0 Å². The number of carbonyl (C=O) groups is 2. The summed E-state index contributed by atoms with van der Waals surface area (Å²) < 4.78 is 0. The molecule has 1 N–H and O–H groups in total. The van der Waals surface area contributed by atoms with Gasteiger partial charge in [0.05, 0.1) is 0 Å². The SMILES string of the molecule is Cc1ccc(-c2cc(C(=O)NCc3ccc(C)nc3)cc(C(=O)N3CC[C@H](N(C)C)C3)c2)cc1. The van der Waals surface area contributed by atoms with Crippen LogP contribution in [0.2, 0.25) is 0 Å². The van der Waals surface area contributed by atoms with Gasteiger partial charge in [0.1, 0.15) is 0 Å². The summed E-state index contributed by atoms with van der Waals surface area (Å²) in [6.45, 7) is 5.76. The zero-order valence-corrected chi connectivity index (χ0v) is 20.3. The number of hydrogen-bond acceptors (Lipinski definition) is 4. The third-order valence-electron chi connectivity index (χ3n) is 6.43. The van der Waals surface area contributed by atoms with E-state index in [9.17, 15) is 9.59 Å². The van der Waals surface area contributed by atoms with Crippen LogP contribution in [0.3, 0.4) is 0 Å². The molecule has 1 aromatic heterocycles. The molecule has 34 heavy (non-hydrogen) atoms. The normalized spacial score (nSPS) is 15.6. The molecule has 1 saturated heterocycles. The molecule has 1 aliphatic rings. The molecule has 0 bridgehead atoms. The van der Waals surface area contributed by atoms with Crippen molar-refractivity contribution in [1.29, 1.82) is 0 Å². The van der Waals surface area contributed by atoms with E-state index in [0.29, 0.717) is 30.3 Å². The Morgan fingerprint density at radius 3 is 2.38 bits per heavy atom. The van der Waals surface area contributed by atoms with E-state index in [-0.39, 0.29) is 11.8 Å². The second-order valence-electron chi connectivity index (χ2n) is 9.31. The number of likely N-dealkylation sites (tertiary alicyclic amines) is 1. The largest absolute Gasteiger partial charge is 0.348 e. The van der Waals surface area contributed by atoms with Gasteiger partial charge in [-0.05, 0) is 75.3 Å². The molecule has 176 valence electrons. The summed E-state index contributed by atoms with van der Waals surface area (Å²) in [4.78, 5) is 34.8. The fourth-order valence-corrected chi connectivity index (χ4v) is 4.21. The Labute approximate surface area is 201 Å². The fraction of sp³-hybridized carbons (Fsp3) is 0.321. The van der Waals surface area contributed by atoms with Crippen molar-refractivity contribution in [2.24, 2.45) is 0 Å². The van der Waals surface area contributed by atoms with Crippen LogP contribution in [0, 0.1) is 13.8 Å². The van der Waals surface area contributed by atoms with Crippen LogP contribution in [-0.2, 0) is 6.54 Å². The van der Waals surface area contributed by atoms with Gasteiger partial charge in [-0.1, -0.05) is 35.9 Å². The van der Waals surface area contributed by atoms with Gasteiger partial charge in [0, 0.05) is 48.7 Å². The first kappa shape index (κ1) is 23.6. The minimum atomic E-state index is -0.212. The molecule has 0 saturated carbocycles. The standard InChI is InChI=1S/C28H32N4O2/c1-19-5-9-22(10-6-19)23-13-24(27(33)30-17-21-8-7-20(2)29-16-21)15-25(14-23)28(34)32-12-11-26(18-32)31(3)4/h5-10,13-16,26H,11-12,17-18H2,1-4H3,(H,30,33)/t26-/m0/s1. The lowest BCUT2D eigenvalue weighted by atomic mass is 9.98. The first-order valence-corrected chi connectivity index (χ1v) is 11.7. The van der Waals surface area contributed by atoms with E-state index < -0.39 is 0 Å². The molecule has 3 aromatic rings. The highest BCUT2D eigenvalue weighted by Crippen LogP contribution is 2.25. The van der Waals surface area contributed by atoms with Crippen molar-refractivity contribution >= 4 is 11.8 Å². The zero-order chi connectivity index (χ0) is 24.2. The molecule has 1 atom stereocenters. The Balaban J connectivity index is 1.61. The van der Waals surface area contributed by atoms with Gasteiger partial charge < -0.3 is 15.1 Å². The Bertz CT molecular complexity index is 1170. The van der Waals surface area contributed by atoms with Gasteiger partial charge in [0.25, 0.3) is 11.8 Å². The second kappa shape index (κ2) is 10.2. The van der Waals surface area contributed by atoms with E-state index in [2.05, 4.69) is 15.2 Å². The van der Waals surface area contributed by atoms with Gasteiger partial charge in [-0.3, -0.25) is 14.6 Å². The Hall–Kier alpha value is -3.51. The number of nitrogens with zero attached hydrogens (tertiary/aromatic N) is 3. The molecule has 0 radical (unpaired) electrons. The molecular formula is C28H32N4O2. The van der Waals surface area contributed by atoms with Crippen LogP contribution < -0.4 is 5.32 Å². The maximum Gasteiger partial charge on any atom is 0.253 e. The number of hydrogen-bond donors (Lipinski definition) is 1. The molecule has 4 rings (SSSR count). The molecule has 2 heterocycles. The van der Waals surface area contributed by atoms with Crippen LogP contribution in [-0.4, -0.2) is 59.8 Å². The van der Waals surface area contributed by atoms with E-state index in [1.54, 1.807) is 12.3 Å². The van der Waals surface area contributed by atoms with Crippen molar-refractivity contribution in [2.75, 3.05) is 27.2 Å². The van der Waals surface area contributed by atoms with Crippen molar-refractivity contribution in [2.45, 2.75) is 32.9 Å².